The maximum atomic E-state index is 9.56. The summed E-state index contributed by atoms with van der Waals surface area (Å²) in [5.74, 6) is 1.34. The Morgan fingerprint density at radius 3 is 2.95 bits per heavy atom. The summed E-state index contributed by atoms with van der Waals surface area (Å²) >= 11 is 0. The Bertz CT molecular complexity index is 593. The maximum Gasteiger partial charge on any atom is 0.122 e. The van der Waals surface area contributed by atoms with Crippen molar-refractivity contribution < 1.29 is 9.52 Å². The quantitative estimate of drug-likeness (QED) is 0.887. The molecule has 1 aromatic heterocycles. The lowest BCUT2D eigenvalue weighted by Gasteiger charge is -2.25. The fourth-order valence-electron chi connectivity index (χ4n) is 3.09. The third-order valence-corrected chi connectivity index (χ3v) is 4.26. The van der Waals surface area contributed by atoms with Crippen LogP contribution in [0.1, 0.15) is 35.4 Å². The molecule has 112 valence electrons. The molecule has 0 fully saturated rings. The Kier molecular flexibility index (Phi) is 3.99. The van der Waals surface area contributed by atoms with Gasteiger partial charge in [0, 0.05) is 12.6 Å². The third kappa shape index (κ3) is 2.96. The minimum atomic E-state index is 0.223. The Balaban J connectivity index is 1.68. The first-order valence-corrected chi connectivity index (χ1v) is 7.40. The normalized spacial score (nSPS) is 18.9. The lowest BCUT2D eigenvalue weighted by molar-refractivity contribution is 0.243. The molecule has 2 N–H and O–H groups in total. The van der Waals surface area contributed by atoms with Gasteiger partial charge >= 0.3 is 0 Å². The molecule has 1 aliphatic rings. The highest BCUT2D eigenvalue weighted by Crippen LogP contribution is 2.33. The molecule has 1 aliphatic carbocycles. The van der Waals surface area contributed by atoms with Crippen molar-refractivity contribution in [2.24, 2.45) is 0 Å². The van der Waals surface area contributed by atoms with Gasteiger partial charge in [-0.3, -0.25) is 4.90 Å². The van der Waals surface area contributed by atoms with Crippen LogP contribution in [0.2, 0.25) is 0 Å². The van der Waals surface area contributed by atoms with Gasteiger partial charge in [0.1, 0.15) is 11.5 Å². The Morgan fingerprint density at radius 1 is 1.38 bits per heavy atom. The van der Waals surface area contributed by atoms with Gasteiger partial charge in [-0.25, -0.2) is 0 Å². The number of phenolic OH excluding ortho intramolecular Hbond substituents is 1. The zero-order valence-electron chi connectivity index (χ0n) is 12.5. The number of furan rings is 1. The van der Waals surface area contributed by atoms with E-state index < -0.39 is 0 Å². The second-order valence-corrected chi connectivity index (χ2v) is 5.88. The number of nitrogens with one attached hydrogen (secondary N) is 1. The lowest BCUT2D eigenvalue weighted by Crippen LogP contribution is -2.32. The molecule has 0 saturated heterocycles. The molecule has 1 aromatic carbocycles. The zero-order chi connectivity index (χ0) is 14.8. The maximum absolute atomic E-state index is 9.56. The van der Waals surface area contributed by atoms with E-state index in [0.717, 1.165) is 25.1 Å². The van der Waals surface area contributed by atoms with E-state index in [0.29, 0.717) is 11.8 Å². The number of rotatable bonds is 5. The molecule has 2 aromatic rings. The zero-order valence-corrected chi connectivity index (χ0v) is 12.5. The average Bonchev–Trinajstić information content (AvgIpc) is 3.08. The van der Waals surface area contributed by atoms with Crippen LogP contribution in [0, 0.1) is 0 Å². The molecular weight excluding hydrogens is 264 g/mol. The van der Waals surface area contributed by atoms with E-state index in [1.54, 1.807) is 12.3 Å². The van der Waals surface area contributed by atoms with Gasteiger partial charge in [0.15, 0.2) is 0 Å². The molecule has 0 saturated carbocycles. The van der Waals surface area contributed by atoms with Crippen LogP contribution in [0.25, 0.3) is 0 Å². The van der Waals surface area contributed by atoms with Crippen molar-refractivity contribution in [3.05, 3.63) is 53.5 Å². The molecule has 4 nitrogen and oxygen atoms in total. The summed E-state index contributed by atoms with van der Waals surface area (Å²) in [6, 6.07) is 10.2. The smallest absolute Gasteiger partial charge is 0.122 e. The molecule has 2 unspecified atom stereocenters. The Morgan fingerprint density at radius 2 is 2.24 bits per heavy atom. The summed E-state index contributed by atoms with van der Waals surface area (Å²) in [5, 5.41) is 13.2. The van der Waals surface area contributed by atoms with E-state index in [1.165, 1.54) is 11.1 Å². The number of benzene rings is 1. The van der Waals surface area contributed by atoms with Crippen LogP contribution in [0.4, 0.5) is 0 Å². The monoisotopic (exact) mass is 286 g/mol. The van der Waals surface area contributed by atoms with Crippen molar-refractivity contribution in [2.45, 2.75) is 24.9 Å². The summed E-state index contributed by atoms with van der Waals surface area (Å²) in [6.07, 6.45) is 3.82. The molecule has 2 atom stereocenters. The van der Waals surface area contributed by atoms with Crippen LogP contribution < -0.4 is 5.32 Å². The average molecular weight is 286 g/mol. The van der Waals surface area contributed by atoms with E-state index in [2.05, 4.69) is 24.3 Å². The SMILES string of the molecule is CN(C)C(CNC1CCc2cc(O)ccc21)c1ccco1. The minimum Gasteiger partial charge on any atom is -0.508 e. The highest BCUT2D eigenvalue weighted by Gasteiger charge is 2.24. The number of hydrogen-bond donors (Lipinski definition) is 2. The number of likely N-dealkylation sites (N-methyl/N-ethyl adjacent to an activating group) is 1. The first-order chi connectivity index (χ1) is 10.1. The number of hydrogen-bond acceptors (Lipinski definition) is 4. The summed E-state index contributed by atoms with van der Waals surface area (Å²) in [5.41, 5.74) is 2.57. The van der Waals surface area contributed by atoms with E-state index in [4.69, 9.17) is 4.42 Å². The molecule has 3 rings (SSSR count). The molecule has 0 spiro atoms. The lowest BCUT2D eigenvalue weighted by atomic mass is 10.1. The molecule has 0 bridgehead atoms. The predicted molar refractivity (Wildman–Crippen MR) is 82.3 cm³/mol. The van der Waals surface area contributed by atoms with Gasteiger partial charge in [-0.05, 0) is 62.3 Å². The van der Waals surface area contributed by atoms with Crippen LogP contribution in [0.15, 0.2) is 41.0 Å². The highest BCUT2D eigenvalue weighted by atomic mass is 16.3. The van der Waals surface area contributed by atoms with Gasteiger partial charge in [0.05, 0.1) is 12.3 Å². The minimum absolute atomic E-state index is 0.223. The standard InChI is InChI=1S/C17H22N2O2/c1-19(2)16(17-4-3-9-21-17)11-18-15-8-5-12-10-13(20)6-7-14(12)15/h3-4,6-7,9-10,15-16,18,20H,5,8,11H2,1-2H3. The van der Waals surface area contributed by atoms with Gasteiger partial charge < -0.3 is 14.8 Å². The largest absolute Gasteiger partial charge is 0.508 e. The van der Waals surface area contributed by atoms with Crippen LogP contribution in [0.3, 0.4) is 0 Å². The third-order valence-electron chi connectivity index (χ3n) is 4.26. The van der Waals surface area contributed by atoms with Gasteiger partial charge in [0.2, 0.25) is 0 Å². The number of aromatic hydroxyl groups is 1. The number of phenols is 1. The molecule has 4 heteroatoms. The van der Waals surface area contributed by atoms with Gasteiger partial charge in [0.25, 0.3) is 0 Å². The van der Waals surface area contributed by atoms with Crippen molar-refractivity contribution in [3.8, 4) is 5.75 Å². The molecular formula is C17H22N2O2. The molecule has 0 aliphatic heterocycles. The van der Waals surface area contributed by atoms with Crippen molar-refractivity contribution in [1.29, 1.82) is 0 Å². The van der Waals surface area contributed by atoms with Crippen LogP contribution in [-0.2, 0) is 6.42 Å². The van der Waals surface area contributed by atoms with E-state index in [1.807, 2.05) is 24.3 Å². The van der Waals surface area contributed by atoms with Crippen molar-refractivity contribution >= 4 is 0 Å². The Hall–Kier alpha value is -1.78. The molecule has 0 amide bonds. The van der Waals surface area contributed by atoms with Crippen molar-refractivity contribution in [2.75, 3.05) is 20.6 Å². The number of nitrogens with zero attached hydrogens (tertiary/aromatic N) is 1. The second kappa shape index (κ2) is 5.92. The van der Waals surface area contributed by atoms with E-state index in [-0.39, 0.29) is 6.04 Å². The Labute approximate surface area is 125 Å². The van der Waals surface area contributed by atoms with Gasteiger partial charge in [-0.15, -0.1) is 0 Å². The van der Waals surface area contributed by atoms with Crippen LogP contribution in [0.5, 0.6) is 5.75 Å². The van der Waals surface area contributed by atoms with Crippen molar-refractivity contribution in [3.63, 3.8) is 0 Å². The van der Waals surface area contributed by atoms with Gasteiger partial charge in [-0.1, -0.05) is 6.07 Å². The van der Waals surface area contributed by atoms with Crippen LogP contribution in [-0.4, -0.2) is 30.6 Å². The fraction of sp³-hybridized carbons (Fsp3) is 0.412. The highest BCUT2D eigenvalue weighted by molar-refractivity contribution is 5.40. The second-order valence-electron chi connectivity index (χ2n) is 5.88. The fourth-order valence-corrected chi connectivity index (χ4v) is 3.09. The summed E-state index contributed by atoms with van der Waals surface area (Å²) in [6.45, 7) is 0.839. The van der Waals surface area contributed by atoms with E-state index in [9.17, 15) is 5.11 Å². The molecule has 21 heavy (non-hydrogen) atoms. The van der Waals surface area contributed by atoms with E-state index >= 15 is 0 Å². The topological polar surface area (TPSA) is 48.6 Å². The molecule has 0 radical (unpaired) electrons. The first kappa shape index (κ1) is 14.2. The summed E-state index contributed by atoms with van der Waals surface area (Å²) < 4.78 is 5.54. The predicted octanol–water partition coefficient (Wildman–Crippen LogP) is 2.87. The van der Waals surface area contributed by atoms with Gasteiger partial charge in [-0.2, -0.15) is 0 Å². The number of aryl methyl sites for hydroxylation is 1. The summed E-state index contributed by atoms with van der Waals surface area (Å²) in [7, 11) is 4.13. The number of fused-ring (bicyclic) bond motifs is 1. The summed E-state index contributed by atoms with van der Waals surface area (Å²) in [4.78, 5) is 2.17. The van der Waals surface area contributed by atoms with Crippen molar-refractivity contribution in [1.82, 2.24) is 10.2 Å². The first-order valence-electron chi connectivity index (χ1n) is 7.40. The van der Waals surface area contributed by atoms with Crippen LogP contribution >= 0.6 is 0 Å². The molecule has 1 heterocycles.